The maximum absolute atomic E-state index is 12.6. The predicted molar refractivity (Wildman–Crippen MR) is 127 cm³/mol. The number of carbonyl (C=O) groups excluding carboxylic acids is 1. The largest absolute Gasteiger partial charge is 0.322 e. The van der Waals surface area contributed by atoms with Gasteiger partial charge < -0.3 is 5.32 Å². The number of rotatable bonds is 7. The molecule has 0 aliphatic heterocycles. The molecule has 6 heteroatoms. The van der Waals surface area contributed by atoms with Crippen LogP contribution in [0.25, 0.3) is 11.1 Å². The van der Waals surface area contributed by atoms with Gasteiger partial charge in [-0.15, -0.1) is 0 Å². The monoisotopic (exact) mass is 442 g/mol. The van der Waals surface area contributed by atoms with Crippen molar-refractivity contribution >= 4 is 21.6 Å². The summed E-state index contributed by atoms with van der Waals surface area (Å²) in [5.41, 5.74) is 3.78. The van der Waals surface area contributed by atoms with Crippen molar-refractivity contribution in [2.75, 3.05) is 5.32 Å². The number of hydrogen-bond donors (Lipinski definition) is 2. The first-order chi connectivity index (χ1) is 15.5. The van der Waals surface area contributed by atoms with Crippen molar-refractivity contribution < 1.29 is 13.2 Å². The minimum Gasteiger partial charge on any atom is -0.322 e. The number of anilines is 1. The van der Waals surface area contributed by atoms with E-state index in [1.54, 1.807) is 42.5 Å². The summed E-state index contributed by atoms with van der Waals surface area (Å²) in [7, 11) is -3.63. The molecule has 0 aliphatic rings. The van der Waals surface area contributed by atoms with E-state index in [9.17, 15) is 13.2 Å². The van der Waals surface area contributed by atoms with Crippen LogP contribution in [-0.4, -0.2) is 14.3 Å². The molecule has 0 aromatic heterocycles. The van der Waals surface area contributed by atoms with Gasteiger partial charge in [0.15, 0.2) is 0 Å². The van der Waals surface area contributed by atoms with Gasteiger partial charge in [0.05, 0.1) is 4.90 Å². The third-order valence-electron chi connectivity index (χ3n) is 4.96. The molecule has 1 amide bonds. The van der Waals surface area contributed by atoms with Crippen molar-refractivity contribution in [3.8, 4) is 11.1 Å². The number of hydrogen-bond acceptors (Lipinski definition) is 3. The highest BCUT2D eigenvalue weighted by Crippen LogP contribution is 2.23. The molecule has 0 heterocycles. The molecule has 0 spiro atoms. The standard InChI is InChI=1S/C26H22N2O3S/c29-26(28-24-12-5-2-6-13-24)23-11-7-10-22(18-23)21-14-16-25(17-15-21)32(30,31)27-19-20-8-3-1-4-9-20/h1-18,27H,19H2,(H,28,29). The fourth-order valence-corrected chi connectivity index (χ4v) is 4.27. The average molecular weight is 443 g/mol. The fourth-order valence-electron chi connectivity index (χ4n) is 3.25. The number of benzene rings is 4. The molecule has 0 fully saturated rings. The van der Waals surface area contributed by atoms with E-state index in [0.29, 0.717) is 5.56 Å². The first-order valence-electron chi connectivity index (χ1n) is 10.1. The van der Waals surface area contributed by atoms with Crippen LogP contribution in [0.3, 0.4) is 0 Å². The van der Waals surface area contributed by atoms with Crippen molar-refractivity contribution in [3.05, 3.63) is 120 Å². The van der Waals surface area contributed by atoms with E-state index in [0.717, 1.165) is 22.4 Å². The van der Waals surface area contributed by atoms with Crippen LogP contribution in [0.15, 0.2) is 114 Å². The van der Waals surface area contributed by atoms with Gasteiger partial charge in [0.2, 0.25) is 10.0 Å². The predicted octanol–water partition coefficient (Wildman–Crippen LogP) is 5.08. The lowest BCUT2D eigenvalue weighted by atomic mass is 10.0. The molecule has 160 valence electrons. The molecule has 0 saturated carbocycles. The first-order valence-corrected chi connectivity index (χ1v) is 11.6. The molecule has 4 rings (SSSR count). The van der Waals surface area contributed by atoms with Crippen molar-refractivity contribution in [2.45, 2.75) is 11.4 Å². The molecule has 0 aliphatic carbocycles. The Kier molecular flexibility index (Phi) is 6.44. The summed E-state index contributed by atoms with van der Waals surface area (Å²) >= 11 is 0. The Balaban J connectivity index is 1.48. The number of amides is 1. The van der Waals surface area contributed by atoms with Crippen molar-refractivity contribution in [1.82, 2.24) is 4.72 Å². The van der Waals surface area contributed by atoms with Gasteiger partial charge in [0, 0.05) is 17.8 Å². The summed E-state index contributed by atoms with van der Waals surface area (Å²) in [6.07, 6.45) is 0. The summed E-state index contributed by atoms with van der Waals surface area (Å²) in [5, 5.41) is 2.87. The molecular formula is C26H22N2O3S. The molecule has 0 radical (unpaired) electrons. The molecule has 0 bridgehead atoms. The number of sulfonamides is 1. The van der Waals surface area contributed by atoms with Gasteiger partial charge in [-0.25, -0.2) is 13.1 Å². The van der Waals surface area contributed by atoms with E-state index in [1.165, 1.54) is 0 Å². The maximum atomic E-state index is 12.6. The summed E-state index contributed by atoms with van der Waals surface area (Å²) in [5.74, 6) is -0.206. The zero-order valence-corrected chi connectivity index (χ0v) is 18.0. The topological polar surface area (TPSA) is 75.3 Å². The van der Waals surface area contributed by atoms with Gasteiger partial charge >= 0.3 is 0 Å². The molecule has 32 heavy (non-hydrogen) atoms. The normalized spacial score (nSPS) is 11.1. The van der Waals surface area contributed by atoms with E-state index >= 15 is 0 Å². The molecule has 0 saturated heterocycles. The number of nitrogens with one attached hydrogen (secondary N) is 2. The third kappa shape index (κ3) is 5.29. The minimum atomic E-state index is -3.63. The number of carbonyl (C=O) groups is 1. The second-order valence-corrected chi connectivity index (χ2v) is 9.00. The van der Waals surface area contributed by atoms with Crippen molar-refractivity contribution in [1.29, 1.82) is 0 Å². The van der Waals surface area contributed by atoms with E-state index in [4.69, 9.17) is 0 Å². The molecule has 4 aromatic carbocycles. The average Bonchev–Trinajstić information content (AvgIpc) is 2.84. The summed E-state index contributed by atoms with van der Waals surface area (Å²) < 4.78 is 27.8. The quantitative estimate of drug-likeness (QED) is 0.419. The molecule has 4 aromatic rings. The summed E-state index contributed by atoms with van der Waals surface area (Å²) in [4.78, 5) is 12.8. The smallest absolute Gasteiger partial charge is 0.255 e. The Morgan fingerprint density at radius 2 is 1.34 bits per heavy atom. The van der Waals surface area contributed by atoms with Crippen LogP contribution in [0.4, 0.5) is 5.69 Å². The van der Waals surface area contributed by atoms with Crippen LogP contribution >= 0.6 is 0 Å². The highest BCUT2D eigenvalue weighted by Gasteiger charge is 2.14. The fraction of sp³-hybridized carbons (Fsp3) is 0.0385. The van der Waals surface area contributed by atoms with Crippen LogP contribution in [0.2, 0.25) is 0 Å². The van der Waals surface area contributed by atoms with E-state index in [2.05, 4.69) is 10.0 Å². The molecular weight excluding hydrogens is 420 g/mol. The summed E-state index contributed by atoms with van der Waals surface area (Å²) in [6.45, 7) is 0.226. The number of para-hydroxylation sites is 1. The Hall–Kier alpha value is -3.74. The zero-order valence-electron chi connectivity index (χ0n) is 17.2. The van der Waals surface area contributed by atoms with E-state index in [-0.39, 0.29) is 17.3 Å². The molecule has 5 nitrogen and oxygen atoms in total. The Morgan fingerprint density at radius 1 is 0.688 bits per heavy atom. The van der Waals surface area contributed by atoms with Gasteiger partial charge in [-0.2, -0.15) is 0 Å². The lowest BCUT2D eigenvalue weighted by molar-refractivity contribution is 0.102. The SMILES string of the molecule is O=C(Nc1ccccc1)c1cccc(-c2ccc(S(=O)(=O)NCc3ccccc3)cc2)c1. The van der Waals surface area contributed by atoms with Crippen molar-refractivity contribution in [2.24, 2.45) is 0 Å². The lowest BCUT2D eigenvalue weighted by Crippen LogP contribution is -2.23. The Morgan fingerprint density at radius 3 is 2.03 bits per heavy atom. The summed E-state index contributed by atoms with van der Waals surface area (Å²) in [6, 6.07) is 32.5. The molecule has 0 unspecified atom stereocenters. The molecule has 2 N–H and O–H groups in total. The Labute approximate surface area is 187 Å². The van der Waals surface area contributed by atoms with Crippen LogP contribution in [0.1, 0.15) is 15.9 Å². The van der Waals surface area contributed by atoms with Crippen LogP contribution < -0.4 is 10.0 Å². The van der Waals surface area contributed by atoms with E-state index < -0.39 is 10.0 Å². The lowest BCUT2D eigenvalue weighted by Gasteiger charge is -2.09. The highest BCUT2D eigenvalue weighted by atomic mass is 32.2. The van der Waals surface area contributed by atoms with Crippen LogP contribution in [0.5, 0.6) is 0 Å². The Bertz CT molecular complexity index is 1300. The minimum absolute atomic E-state index is 0.190. The van der Waals surface area contributed by atoms with Crippen molar-refractivity contribution in [3.63, 3.8) is 0 Å². The van der Waals surface area contributed by atoms with Gasteiger partial charge in [-0.05, 0) is 53.1 Å². The van der Waals surface area contributed by atoms with Crippen LogP contribution in [-0.2, 0) is 16.6 Å². The van der Waals surface area contributed by atoms with Gasteiger partial charge in [-0.1, -0.05) is 72.8 Å². The first kappa shape index (κ1) is 21.5. The maximum Gasteiger partial charge on any atom is 0.255 e. The highest BCUT2D eigenvalue weighted by molar-refractivity contribution is 7.89. The third-order valence-corrected chi connectivity index (χ3v) is 6.38. The van der Waals surface area contributed by atoms with Crippen LogP contribution in [0, 0.1) is 0 Å². The van der Waals surface area contributed by atoms with Gasteiger partial charge in [0.1, 0.15) is 0 Å². The zero-order chi connectivity index (χ0) is 22.4. The second-order valence-electron chi connectivity index (χ2n) is 7.24. The second kappa shape index (κ2) is 9.60. The van der Waals surface area contributed by atoms with E-state index in [1.807, 2.05) is 66.7 Å². The van der Waals surface area contributed by atoms with Gasteiger partial charge in [0.25, 0.3) is 5.91 Å². The van der Waals surface area contributed by atoms with Gasteiger partial charge in [-0.3, -0.25) is 4.79 Å². The molecule has 0 atom stereocenters.